The van der Waals surface area contributed by atoms with Crippen LogP contribution in [0.4, 0.5) is 0 Å². The molecular weight excluding hydrogens is 222 g/mol. The number of likely N-dealkylation sites (tertiary alicyclic amines) is 1. The van der Waals surface area contributed by atoms with Gasteiger partial charge in [0.15, 0.2) is 0 Å². The monoisotopic (exact) mass is 245 g/mol. The van der Waals surface area contributed by atoms with E-state index < -0.39 is 5.60 Å². The van der Waals surface area contributed by atoms with Crippen molar-refractivity contribution in [1.82, 2.24) is 4.90 Å². The van der Waals surface area contributed by atoms with Gasteiger partial charge < -0.3 is 10.0 Å². The molecule has 2 aliphatic rings. The maximum Gasteiger partial charge on any atom is 0.0828 e. The topological polar surface area (TPSA) is 23.5 Å². The zero-order valence-electron chi connectivity index (χ0n) is 11.4. The molecule has 1 saturated heterocycles. The van der Waals surface area contributed by atoms with E-state index in [1.807, 2.05) is 0 Å². The molecule has 1 aromatic carbocycles. The third-order valence-corrected chi connectivity index (χ3v) is 4.67. The fourth-order valence-corrected chi connectivity index (χ4v) is 3.63. The molecule has 18 heavy (non-hydrogen) atoms. The first kappa shape index (κ1) is 12.2. The van der Waals surface area contributed by atoms with E-state index in [4.69, 9.17) is 0 Å². The van der Waals surface area contributed by atoms with Crippen LogP contribution in [0.5, 0.6) is 0 Å². The lowest BCUT2D eigenvalue weighted by Gasteiger charge is -2.22. The molecule has 1 aliphatic carbocycles. The summed E-state index contributed by atoms with van der Waals surface area (Å²) in [4.78, 5) is 2.26. The molecule has 1 fully saturated rings. The van der Waals surface area contributed by atoms with E-state index in [9.17, 15) is 5.11 Å². The van der Waals surface area contributed by atoms with E-state index in [1.54, 1.807) is 0 Å². The quantitative estimate of drug-likeness (QED) is 0.863. The summed E-state index contributed by atoms with van der Waals surface area (Å²) in [5, 5.41) is 10.7. The van der Waals surface area contributed by atoms with E-state index in [1.165, 1.54) is 36.0 Å². The zero-order valence-corrected chi connectivity index (χ0v) is 11.4. The van der Waals surface area contributed by atoms with Gasteiger partial charge in [0.25, 0.3) is 0 Å². The second kappa shape index (κ2) is 4.36. The molecule has 2 heteroatoms. The first-order valence-electron chi connectivity index (χ1n) is 7.09. The first-order valence-corrected chi connectivity index (χ1v) is 7.09. The normalized spacial score (nSPS) is 31.8. The molecule has 0 spiro atoms. The van der Waals surface area contributed by atoms with E-state index in [0.717, 1.165) is 19.4 Å². The number of β-amino-alcohol motifs (C(OH)–C–C–N with tert-alkyl or cyclic N) is 1. The van der Waals surface area contributed by atoms with Crippen LogP contribution in [0.3, 0.4) is 0 Å². The minimum Gasteiger partial charge on any atom is -0.388 e. The summed E-state index contributed by atoms with van der Waals surface area (Å²) >= 11 is 0. The van der Waals surface area contributed by atoms with Gasteiger partial charge in [-0.1, -0.05) is 18.2 Å². The van der Waals surface area contributed by atoms with Crippen LogP contribution in [0.15, 0.2) is 18.2 Å². The zero-order chi connectivity index (χ0) is 12.8. The summed E-state index contributed by atoms with van der Waals surface area (Å²) in [6, 6.07) is 7.29. The van der Waals surface area contributed by atoms with Crippen molar-refractivity contribution in [1.29, 1.82) is 0 Å². The van der Waals surface area contributed by atoms with Crippen LogP contribution in [0, 0.1) is 0 Å². The molecule has 0 amide bonds. The van der Waals surface area contributed by atoms with Crippen molar-refractivity contribution in [3.63, 3.8) is 0 Å². The Hall–Kier alpha value is -0.860. The minimum atomic E-state index is -0.527. The number of aliphatic hydroxyl groups is 1. The maximum atomic E-state index is 10.7. The molecule has 1 aromatic rings. The lowest BCUT2D eigenvalue weighted by atomic mass is 9.91. The molecule has 0 radical (unpaired) electrons. The van der Waals surface area contributed by atoms with Gasteiger partial charge in [0, 0.05) is 19.0 Å². The fourth-order valence-electron chi connectivity index (χ4n) is 3.63. The highest BCUT2D eigenvalue weighted by molar-refractivity contribution is 5.36. The fraction of sp³-hybridized carbons (Fsp3) is 0.625. The number of likely N-dealkylation sites (N-methyl/N-ethyl adjacent to an activating group) is 1. The Labute approximate surface area is 110 Å². The van der Waals surface area contributed by atoms with E-state index in [2.05, 4.69) is 37.1 Å². The smallest absolute Gasteiger partial charge is 0.0828 e. The molecule has 2 nitrogen and oxygen atoms in total. The highest BCUT2D eigenvalue weighted by Gasteiger charge is 2.38. The van der Waals surface area contributed by atoms with Crippen LogP contribution in [0.25, 0.3) is 0 Å². The van der Waals surface area contributed by atoms with Gasteiger partial charge in [0.1, 0.15) is 0 Å². The van der Waals surface area contributed by atoms with Crippen molar-refractivity contribution in [3.05, 3.63) is 34.9 Å². The Balaban J connectivity index is 1.77. The van der Waals surface area contributed by atoms with Crippen LogP contribution in [0.1, 0.15) is 36.5 Å². The standard InChI is InChI=1S/C16H23NO/c1-12-9-16(18,11-17(12)2)10-13-6-7-14-4-3-5-15(14)8-13/h6-8,12,18H,3-5,9-11H2,1-2H3. The minimum absolute atomic E-state index is 0.490. The van der Waals surface area contributed by atoms with Gasteiger partial charge in [-0.25, -0.2) is 0 Å². The highest BCUT2D eigenvalue weighted by atomic mass is 16.3. The van der Waals surface area contributed by atoms with Crippen molar-refractivity contribution in [2.45, 2.75) is 50.7 Å². The van der Waals surface area contributed by atoms with Crippen LogP contribution in [-0.2, 0) is 19.3 Å². The largest absolute Gasteiger partial charge is 0.388 e. The van der Waals surface area contributed by atoms with Crippen LogP contribution >= 0.6 is 0 Å². The van der Waals surface area contributed by atoms with Crippen LogP contribution in [-0.4, -0.2) is 35.2 Å². The molecule has 1 aliphatic heterocycles. The molecule has 3 rings (SSSR count). The molecule has 98 valence electrons. The Kier molecular flexibility index (Phi) is 2.95. The van der Waals surface area contributed by atoms with Crippen LogP contribution < -0.4 is 0 Å². The molecule has 0 aromatic heterocycles. The van der Waals surface area contributed by atoms with Crippen LogP contribution in [0.2, 0.25) is 0 Å². The number of fused-ring (bicyclic) bond motifs is 1. The maximum absolute atomic E-state index is 10.7. The van der Waals surface area contributed by atoms with E-state index in [0.29, 0.717) is 6.04 Å². The lowest BCUT2D eigenvalue weighted by Crippen LogP contribution is -2.34. The first-order chi connectivity index (χ1) is 8.56. The third kappa shape index (κ3) is 2.19. The number of rotatable bonds is 2. The second-order valence-corrected chi connectivity index (χ2v) is 6.33. The van der Waals surface area contributed by atoms with Crippen molar-refractivity contribution >= 4 is 0 Å². The number of nitrogens with zero attached hydrogens (tertiary/aromatic N) is 1. The Morgan fingerprint density at radius 1 is 1.33 bits per heavy atom. The van der Waals surface area contributed by atoms with Crippen molar-refractivity contribution in [2.24, 2.45) is 0 Å². The number of aryl methyl sites for hydroxylation is 2. The van der Waals surface area contributed by atoms with E-state index in [-0.39, 0.29) is 0 Å². The van der Waals surface area contributed by atoms with E-state index >= 15 is 0 Å². The van der Waals surface area contributed by atoms with Gasteiger partial charge >= 0.3 is 0 Å². The van der Waals surface area contributed by atoms with Crippen molar-refractivity contribution < 1.29 is 5.11 Å². The molecule has 2 atom stereocenters. The molecule has 2 unspecified atom stereocenters. The number of hydrogen-bond acceptors (Lipinski definition) is 2. The summed E-state index contributed by atoms with van der Waals surface area (Å²) in [5.41, 5.74) is 3.81. The molecular formula is C16H23NO. The van der Waals surface area contributed by atoms with Gasteiger partial charge in [0.05, 0.1) is 5.60 Å². The third-order valence-electron chi connectivity index (χ3n) is 4.67. The molecule has 0 saturated carbocycles. The van der Waals surface area contributed by atoms with Gasteiger partial charge in [-0.3, -0.25) is 0 Å². The average molecular weight is 245 g/mol. The Bertz CT molecular complexity index is 444. The Morgan fingerprint density at radius 2 is 2.11 bits per heavy atom. The molecule has 1 heterocycles. The SMILES string of the molecule is CC1CC(O)(Cc2ccc3c(c2)CCC3)CN1C. The van der Waals surface area contributed by atoms with Gasteiger partial charge in [-0.2, -0.15) is 0 Å². The molecule has 1 N–H and O–H groups in total. The number of benzene rings is 1. The summed E-state index contributed by atoms with van der Waals surface area (Å²) in [6.45, 7) is 2.99. The summed E-state index contributed by atoms with van der Waals surface area (Å²) in [5.74, 6) is 0. The lowest BCUT2D eigenvalue weighted by molar-refractivity contribution is 0.0520. The van der Waals surface area contributed by atoms with Gasteiger partial charge in [0.2, 0.25) is 0 Å². The Morgan fingerprint density at radius 3 is 2.83 bits per heavy atom. The summed E-state index contributed by atoms with van der Waals surface area (Å²) in [7, 11) is 2.10. The number of hydrogen-bond donors (Lipinski definition) is 1. The molecule has 0 bridgehead atoms. The predicted octanol–water partition coefficient (Wildman–Crippen LogP) is 2.17. The second-order valence-electron chi connectivity index (χ2n) is 6.33. The van der Waals surface area contributed by atoms with Crippen molar-refractivity contribution in [3.8, 4) is 0 Å². The van der Waals surface area contributed by atoms with Gasteiger partial charge in [-0.15, -0.1) is 0 Å². The predicted molar refractivity (Wildman–Crippen MR) is 73.8 cm³/mol. The van der Waals surface area contributed by atoms with Crippen molar-refractivity contribution in [2.75, 3.05) is 13.6 Å². The summed E-state index contributed by atoms with van der Waals surface area (Å²) in [6.07, 6.45) is 5.44. The average Bonchev–Trinajstić information content (AvgIpc) is 2.83. The highest BCUT2D eigenvalue weighted by Crippen LogP contribution is 2.30. The van der Waals surface area contributed by atoms with Gasteiger partial charge in [-0.05, 0) is 56.3 Å². The summed E-state index contributed by atoms with van der Waals surface area (Å²) < 4.78 is 0.